The predicted molar refractivity (Wildman–Crippen MR) is 182 cm³/mol. The molecular weight excluding hydrogens is 665 g/mol. The van der Waals surface area contributed by atoms with Gasteiger partial charge in [0.2, 0.25) is 15.2 Å². The number of phenolic OH excluding ortho intramolecular Hbond substituents is 1. The molecule has 7 rings (SSSR count). The van der Waals surface area contributed by atoms with Gasteiger partial charge in [0.15, 0.2) is 6.29 Å². The molecule has 1 unspecified atom stereocenters. The van der Waals surface area contributed by atoms with Crippen LogP contribution in [-0.4, -0.2) is 55.7 Å². The van der Waals surface area contributed by atoms with Gasteiger partial charge in [0.1, 0.15) is 10.6 Å². The smallest absolute Gasteiger partial charge is 0.243 e. The predicted octanol–water partition coefficient (Wildman–Crippen LogP) is 5.22. The average Bonchev–Trinajstić information content (AvgIpc) is 3.62. The molecule has 250 valence electrons. The van der Waals surface area contributed by atoms with Crippen LogP contribution in [0.3, 0.4) is 0 Å². The molecule has 0 spiro atoms. The second-order valence-corrected chi connectivity index (χ2v) is 14.2. The number of para-hydroxylation sites is 1. The van der Waals surface area contributed by atoms with Crippen molar-refractivity contribution >= 4 is 32.7 Å². The summed E-state index contributed by atoms with van der Waals surface area (Å²) in [7, 11) is -3.82. The quantitative estimate of drug-likeness (QED) is 0.152. The van der Waals surface area contributed by atoms with Crippen LogP contribution in [0, 0.1) is 0 Å². The number of aromatic nitrogens is 5. The number of fused-ring (bicyclic) bond motifs is 1. The minimum Gasteiger partial charge on any atom is -0.508 e. The van der Waals surface area contributed by atoms with E-state index in [2.05, 4.69) is 25.2 Å². The summed E-state index contributed by atoms with van der Waals surface area (Å²) in [5.41, 5.74) is 4.46. The fourth-order valence-electron chi connectivity index (χ4n) is 5.56. The van der Waals surface area contributed by atoms with Crippen molar-refractivity contribution in [2.75, 3.05) is 5.75 Å². The molecule has 0 saturated carbocycles. The number of nitrogens with zero attached hydrogens (tertiary/aromatic N) is 5. The van der Waals surface area contributed by atoms with Gasteiger partial charge in [0.25, 0.3) is 0 Å². The normalized spacial score (nSPS) is 18.1. The zero-order chi connectivity index (χ0) is 33.8. The summed E-state index contributed by atoms with van der Waals surface area (Å²) < 4.78 is 43.7. The van der Waals surface area contributed by atoms with E-state index in [4.69, 9.17) is 9.47 Å². The first-order valence-electron chi connectivity index (χ1n) is 15.5. The van der Waals surface area contributed by atoms with E-state index in [1.54, 1.807) is 53.3 Å². The highest BCUT2D eigenvalue weighted by atomic mass is 32.2. The van der Waals surface area contributed by atoms with Gasteiger partial charge in [-0.2, -0.15) is 4.68 Å². The van der Waals surface area contributed by atoms with Crippen LogP contribution in [-0.2, 0) is 32.6 Å². The Hall–Kier alpha value is -4.70. The molecule has 4 aromatic carbocycles. The van der Waals surface area contributed by atoms with Crippen LogP contribution in [0.4, 0.5) is 0 Å². The highest BCUT2D eigenvalue weighted by Crippen LogP contribution is 2.39. The molecule has 3 N–H and O–H groups in total. The molecule has 3 heterocycles. The number of tetrazole rings is 1. The number of aliphatic hydroxyl groups is 1. The van der Waals surface area contributed by atoms with Crippen LogP contribution in [0.2, 0.25) is 0 Å². The second-order valence-electron chi connectivity index (χ2n) is 11.4. The van der Waals surface area contributed by atoms with Crippen LogP contribution in [0.25, 0.3) is 16.6 Å². The van der Waals surface area contributed by atoms with Gasteiger partial charge >= 0.3 is 0 Å². The third-order valence-corrected chi connectivity index (χ3v) is 10.6. The number of phenols is 1. The fourth-order valence-corrected chi connectivity index (χ4v) is 7.66. The maximum absolute atomic E-state index is 13.2. The van der Waals surface area contributed by atoms with E-state index in [0.29, 0.717) is 28.5 Å². The van der Waals surface area contributed by atoms with E-state index in [1.807, 2.05) is 60.7 Å². The van der Waals surface area contributed by atoms with Crippen molar-refractivity contribution in [1.82, 2.24) is 29.9 Å². The Balaban J connectivity index is 1.06. The first kappa shape index (κ1) is 32.8. The first-order chi connectivity index (χ1) is 23.9. The Morgan fingerprint density at radius 2 is 1.61 bits per heavy atom. The number of ether oxygens (including phenoxy) is 2. The summed E-state index contributed by atoms with van der Waals surface area (Å²) in [5, 5.41) is 32.7. The Morgan fingerprint density at radius 3 is 2.39 bits per heavy atom. The topological polar surface area (TPSA) is 162 Å². The van der Waals surface area contributed by atoms with E-state index in [1.165, 1.54) is 11.8 Å². The van der Waals surface area contributed by atoms with Gasteiger partial charge in [-0.15, -0.1) is 5.10 Å². The van der Waals surface area contributed by atoms with Crippen LogP contribution >= 0.6 is 11.8 Å². The van der Waals surface area contributed by atoms with Gasteiger partial charge in [0.05, 0.1) is 30.0 Å². The number of benzene rings is 4. The van der Waals surface area contributed by atoms with Gasteiger partial charge in [-0.1, -0.05) is 78.5 Å². The van der Waals surface area contributed by atoms with Gasteiger partial charge in [-0.25, -0.2) is 13.1 Å². The first-order valence-corrected chi connectivity index (χ1v) is 18.0. The van der Waals surface area contributed by atoms with Gasteiger partial charge < -0.3 is 19.7 Å². The molecule has 49 heavy (non-hydrogen) atoms. The zero-order valence-electron chi connectivity index (χ0n) is 26.0. The lowest BCUT2D eigenvalue weighted by molar-refractivity contribution is -0.245. The van der Waals surface area contributed by atoms with Crippen LogP contribution in [0.5, 0.6) is 5.75 Å². The Labute approximate surface area is 286 Å². The van der Waals surface area contributed by atoms with Crippen molar-refractivity contribution in [1.29, 1.82) is 0 Å². The molecule has 0 bridgehead atoms. The standard InChI is InChI=1S/C35H32N6O6S2/c42-21-24-8-10-25(11-9-24)31-19-30(22-48-35-38-39-40-41(35)28-14-16-29(43)17-15-28)46-34(47-31)27-12-6-23(7-13-27)20-37-49(44,45)32-5-1-3-26-4-2-18-36-33(26)32/h1-18,30-31,34,37,42-43H,19-22H2/t30-,31+,34?/m0/s1. The minimum absolute atomic E-state index is 0.0477. The molecule has 6 aromatic rings. The minimum atomic E-state index is -3.82. The summed E-state index contributed by atoms with van der Waals surface area (Å²) in [6.07, 6.45) is 0.936. The van der Waals surface area contributed by atoms with Crippen molar-refractivity contribution in [3.8, 4) is 11.4 Å². The molecule has 14 heteroatoms. The number of aromatic hydroxyl groups is 1. The summed E-state index contributed by atoms with van der Waals surface area (Å²) in [5.74, 6) is 0.686. The SMILES string of the molecule is O=S(=O)(NCc1ccc(C2O[C@H](CSc3nnnn3-c3ccc(O)cc3)C[C@H](c3ccc(CO)cc3)O2)cc1)c1cccc2cccnc12. The lowest BCUT2D eigenvalue weighted by Gasteiger charge is -2.36. The number of hydrogen-bond acceptors (Lipinski definition) is 11. The Bertz CT molecular complexity index is 2140. The number of hydrogen-bond donors (Lipinski definition) is 3. The number of thioether (sulfide) groups is 1. The van der Waals surface area contributed by atoms with Crippen molar-refractivity contribution < 1.29 is 28.1 Å². The molecule has 2 aromatic heterocycles. The highest BCUT2D eigenvalue weighted by Gasteiger charge is 2.33. The lowest BCUT2D eigenvalue weighted by Crippen LogP contribution is -2.31. The van der Waals surface area contributed by atoms with E-state index in [-0.39, 0.29) is 36.0 Å². The molecule has 12 nitrogen and oxygen atoms in total. The number of rotatable bonds is 11. The molecule has 1 fully saturated rings. The van der Waals surface area contributed by atoms with E-state index in [9.17, 15) is 18.6 Å². The second kappa shape index (κ2) is 14.4. The largest absolute Gasteiger partial charge is 0.508 e. The van der Waals surface area contributed by atoms with Gasteiger partial charge in [-0.3, -0.25) is 4.98 Å². The molecule has 0 aliphatic carbocycles. The van der Waals surface area contributed by atoms with Gasteiger partial charge in [-0.05, 0) is 63.5 Å². The lowest BCUT2D eigenvalue weighted by atomic mass is 10.0. The van der Waals surface area contributed by atoms with Crippen molar-refractivity contribution in [2.24, 2.45) is 0 Å². The monoisotopic (exact) mass is 696 g/mol. The third-order valence-electron chi connectivity index (χ3n) is 8.15. The molecule has 1 aliphatic heterocycles. The van der Waals surface area contributed by atoms with Crippen molar-refractivity contribution in [2.45, 2.75) is 48.1 Å². The molecule has 3 atom stereocenters. The summed E-state index contributed by atoms with van der Waals surface area (Å²) in [6, 6.07) is 30.4. The fraction of sp³-hybridized carbons (Fsp3) is 0.200. The molecular formula is C35H32N6O6S2. The number of nitrogens with one attached hydrogen (secondary N) is 1. The van der Waals surface area contributed by atoms with E-state index in [0.717, 1.165) is 27.6 Å². The van der Waals surface area contributed by atoms with Crippen molar-refractivity contribution in [3.05, 3.63) is 132 Å². The summed E-state index contributed by atoms with van der Waals surface area (Å²) in [6.45, 7) is 0.0426. The Kier molecular flexibility index (Phi) is 9.66. The maximum Gasteiger partial charge on any atom is 0.243 e. The van der Waals surface area contributed by atoms with Crippen LogP contribution in [0.15, 0.2) is 119 Å². The van der Waals surface area contributed by atoms with Crippen molar-refractivity contribution in [3.63, 3.8) is 0 Å². The number of aliphatic hydroxyl groups excluding tert-OH is 1. The van der Waals surface area contributed by atoms with Crippen LogP contribution in [0.1, 0.15) is 41.1 Å². The van der Waals surface area contributed by atoms with Gasteiger partial charge in [0, 0.05) is 35.9 Å². The molecule has 1 aliphatic rings. The number of sulfonamides is 1. The highest BCUT2D eigenvalue weighted by molar-refractivity contribution is 7.99. The average molecular weight is 697 g/mol. The summed E-state index contributed by atoms with van der Waals surface area (Å²) >= 11 is 1.45. The molecule has 1 saturated heterocycles. The van der Waals surface area contributed by atoms with E-state index >= 15 is 0 Å². The van der Waals surface area contributed by atoms with Crippen LogP contribution < -0.4 is 4.72 Å². The maximum atomic E-state index is 13.2. The third kappa shape index (κ3) is 7.49. The van der Waals surface area contributed by atoms with E-state index < -0.39 is 16.3 Å². The number of pyridine rings is 1. The molecule has 0 radical (unpaired) electrons. The summed E-state index contributed by atoms with van der Waals surface area (Å²) in [4.78, 5) is 4.41. The molecule has 0 amide bonds. The zero-order valence-corrected chi connectivity index (χ0v) is 27.7. The Morgan fingerprint density at radius 1 is 0.878 bits per heavy atom.